The first-order chi connectivity index (χ1) is 17.9. The molecule has 210 valence electrons. The molecule has 1 aromatic carbocycles. The maximum Gasteiger partial charge on any atom is 0.421 e. The van der Waals surface area contributed by atoms with Crippen LogP contribution in [0.25, 0.3) is 0 Å². The highest BCUT2D eigenvalue weighted by atomic mass is 32.2. The molecule has 1 aliphatic carbocycles. The van der Waals surface area contributed by atoms with E-state index in [1.807, 2.05) is 9.80 Å². The van der Waals surface area contributed by atoms with Gasteiger partial charge in [0.2, 0.25) is 10.0 Å². The summed E-state index contributed by atoms with van der Waals surface area (Å²) in [6.07, 6.45) is 0.528. The highest BCUT2D eigenvalue weighted by molar-refractivity contribution is 7.96. The minimum absolute atomic E-state index is 0.112. The largest absolute Gasteiger partial charge is 0.421 e. The third-order valence-corrected chi connectivity index (χ3v) is 9.81. The SMILES string of the molecule is CC(O)(c1ccc(N2CCN(S(=O)(=O)C3=CC=CCC3=S)CC2CN2CCOCC2CO)cc1)C(F)(F)F. The number of thiocarbonyl (C=S) groups is 1. The lowest BCUT2D eigenvalue weighted by atomic mass is 9.95. The van der Waals surface area contributed by atoms with E-state index in [0.29, 0.717) is 56.7 Å². The molecule has 0 amide bonds. The van der Waals surface area contributed by atoms with Gasteiger partial charge in [0.15, 0.2) is 5.60 Å². The van der Waals surface area contributed by atoms with Gasteiger partial charge >= 0.3 is 6.18 Å². The Morgan fingerprint density at radius 2 is 1.84 bits per heavy atom. The molecule has 13 heteroatoms. The maximum atomic E-state index is 13.5. The Labute approximate surface area is 226 Å². The van der Waals surface area contributed by atoms with Crippen LogP contribution in [0.3, 0.4) is 0 Å². The fourth-order valence-electron chi connectivity index (χ4n) is 4.94. The molecule has 2 heterocycles. The van der Waals surface area contributed by atoms with Gasteiger partial charge in [-0.3, -0.25) is 4.90 Å². The molecule has 38 heavy (non-hydrogen) atoms. The van der Waals surface area contributed by atoms with Crippen molar-refractivity contribution < 1.29 is 36.5 Å². The van der Waals surface area contributed by atoms with Gasteiger partial charge < -0.3 is 19.8 Å². The van der Waals surface area contributed by atoms with Crippen LogP contribution in [0, 0.1) is 0 Å². The van der Waals surface area contributed by atoms with Gasteiger partial charge in [0.1, 0.15) is 0 Å². The third-order valence-electron chi connectivity index (χ3n) is 7.34. The van der Waals surface area contributed by atoms with Crippen LogP contribution in [0.5, 0.6) is 0 Å². The Morgan fingerprint density at radius 1 is 1.13 bits per heavy atom. The molecule has 1 aromatic rings. The summed E-state index contributed by atoms with van der Waals surface area (Å²) < 4.78 is 73.9. The molecule has 0 spiro atoms. The number of ether oxygens (including phenoxy) is 1. The Kier molecular flexibility index (Phi) is 8.67. The van der Waals surface area contributed by atoms with Gasteiger partial charge in [-0.05, 0) is 30.7 Å². The molecule has 3 atom stereocenters. The topological polar surface area (TPSA) is 93.6 Å². The lowest BCUT2D eigenvalue weighted by molar-refractivity contribution is -0.258. The van der Waals surface area contributed by atoms with E-state index in [2.05, 4.69) is 0 Å². The van der Waals surface area contributed by atoms with Gasteiger partial charge in [0.05, 0.1) is 36.8 Å². The van der Waals surface area contributed by atoms with Crippen LogP contribution in [0.15, 0.2) is 47.4 Å². The Bertz CT molecular complexity index is 1190. The number of morpholine rings is 1. The molecular weight excluding hydrogens is 543 g/mol. The summed E-state index contributed by atoms with van der Waals surface area (Å²) in [5.41, 5.74) is -2.68. The van der Waals surface area contributed by atoms with E-state index >= 15 is 0 Å². The van der Waals surface area contributed by atoms with Gasteiger partial charge in [-0.25, -0.2) is 8.42 Å². The third kappa shape index (κ3) is 5.83. The predicted molar refractivity (Wildman–Crippen MR) is 141 cm³/mol. The molecule has 4 rings (SSSR count). The minimum atomic E-state index is -4.84. The normalized spacial score (nSPS) is 25.8. The van der Waals surface area contributed by atoms with Crippen molar-refractivity contribution in [2.24, 2.45) is 0 Å². The van der Waals surface area contributed by atoms with Crippen LogP contribution in [0.1, 0.15) is 18.9 Å². The second kappa shape index (κ2) is 11.3. The smallest absolute Gasteiger partial charge is 0.395 e. The second-order valence-corrected chi connectivity index (χ2v) is 12.2. The zero-order chi connectivity index (χ0) is 27.7. The molecule has 2 fully saturated rings. The lowest BCUT2D eigenvalue weighted by Gasteiger charge is -2.46. The summed E-state index contributed by atoms with van der Waals surface area (Å²) in [5, 5.41) is 19.9. The van der Waals surface area contributed by atoms with E-state index in [4.69, 9.17) is 17.0 Å². The number of nitrogens with zero attached hydrogens (tertiary/aromatic N) is 3. The lowest BCUT2D eigenvalue weighted by Crippen LogP contribution is -2.61. The van der Waals surface area contributed by atoms with Gasteiger partial charge in [-0.2, -0.15) is 17.5 Å². The number of aliphatic hydroxyl groups excluding tert-OH is 1. The Morgan fingerprint density at radius 3 is 2.47 bits per heavy atom. The van der Waals surface area contributed by atoms with Crippen LogP contribution in [-0.2, 0) is 20.4 Å². The van der Waals surface area contributed by atoms with Crippen molar-refractivity contribution in [3.8, 4) is 0 Å². The number of benzene rings is 1. The summed E-state index contributed by atoms with van der Waals surface area (Å²) in [6, 6.07) is 4.89. The van der Waals surface area contributed by atoms with Crippen molar-refractivity contribution in [1.29, 1.82) is 0 Å². The van der Waals surface area contributed by atoms with Crippen LogP contribution in [0.4, 0.5) is 18.9 Å². The number of hydrogen-bond donors (Lipinski definition) is 2. The predicted octanol–water partition coefficient (Wildman–Crippen LogP) is 2.18. The highest BCUT2D eigenvalue weighted by Crippen LogP contribution is 2.39. The number of piperazine rings is 1. The number of alkyl halides is 3. The first-order valence-corrected chi connectivity index (χ1v) is 14.2. The van der Waals surface area contributed by atoms with E-state index in [1.54, 1.807) is 12.2 Å². The molecule has 0 bridgehead atoms. The van der Waals surface area contributed by atoms with Gasteiger partial charge in [0.25, 0.3) is 0 Å². The van der Waals surface area contributed by atoms with Crippen molar-refractivity contribution in [2.45, 2.75) is 37.2 Å². The van der Waals surface area contributed by atoms with Crippen molar-refractivity contribution in [1.82, 2.24) is 9.21 Å². The number of sulfonamides is 1. The fraction of sp³-hybridized carbons (Fsp3) is 0.560. The zero-order valence-electron chi connectivity index (χ0n) is 21.0. The van der Waals surface area contributed by atoms with Crippen LogP contribution in [0.2, 0.25) is 0 Å². The van der Waals surface area contributed by atoms with Gasteiger partial charge in [-0.1, -0.05) is 36.5 Å². The van der Waals surface area contributed by atoms with E-state index in [0.717, 1.165) is 0 Å². The average molecular weight is 576 g/mol. The van der Waals surface area contributed by atoms with Crippen LogP contribution in [-0.4, -0.2) is 104 Å². The second-order valence-electron chi connectivity index (χ2n) is 9.82. The molecule has 3 unspecified atom stereocenters. The van der Waals surface area contributed by atoms with Crippen molar-refractivity contribution in [3.63, 3.8) is 0 Å². The summed E-state index contributed by atoms with van der Waals surface area (Å²) in [6.45, 7) is 2.95. The van der Waals surface area contributed by atoms with Crippen molar-refractivity contribution in [3.05, 3.63) is 53.0 Å². The number of halogens is 3. The van der Waals surface area contributed by atoms with E-state index in [-0.39, 0.29) is 42.2 Å². The summed E-state index contributed by atoms with van der Waals surface area (Å²) in [7, 11) is -3.85. The molecule has 0 aromatic heterocycles. The van der Waals surface area contributed by atoms with Gasteiger partial charge in [-0.15, -0.1) is 0 Å². The molecule has 8 nitrogen and oxygen atoms in total. The standard InChI is InChI=1S/C25H32F3N3O5S2/c1-24(33,25(26,27)28)18-6-8-19(9-7-18)31-11-10-30(38(34,35)23-5-3-2-4-22(23)37)15-20(31)14-29-12-13-36-17-21(29)16-32/h2-3,5-9,20-21,32-33H,4,10-17H2,1H3. The first-order valence-electron chi connectivity index (χ1n) is 12.4. The minimum Gasteiger partial charge on any atom is -0.395 e. The average Bonchev–Trinajstić information content (AvgIpc) is 2.88. The molecule has 2 saturated heterocycles. The summed E-state index contributed by atoms with van der Waals surface area (Å²) in [4.78, 5) is 4.48. The Balaban J connectivity index is 1.62. The van der Waals surface area contributed by atoms with Crippen molar-refractivity contribution >= 4 is 32.8 Å². The highest BCUT2D eigenvalue weighted by Gasteiger charge is 2.51. The molecule has 0 radical (unpaired) electrons. The number of hydrogen-bond acceptors (Lipinski definition) is 8. The number of allylic oxidation sites excluding steroid dienone is 4. The molecular formula is C25H32F3N3O5S2. The zero-order valence-corrected chi connectivity index (χ0v) is 22.6. The van der Waals surface area contributed by atoms with Crippen molar-refractivity contribution in [2.75, 3.05) is 57.4 Å². The van der Waals surface area contributed by atoms with E-state index < -0.39 is 21.8 Å². The fourth-order valence-corrected chi connectivity index (χ4v) is 7.01. The molecule has 0 saturated carbocycles. The number of aliphatic hydroxyl groups is 2. The summed E-state index contributed by atoms with van der Waals surface area (Å²) in [5.74, 6) is 0. The number of anilines is 1. The van der Waals surface area contributed by atoms with Crippen LogP contribution >= 0.6 is 12.2 Å². The monoisotopic (exact) mass is 575 g/mol. The van der Waals surface area contributed by atoms with E-state index in [9.17, 15) is 31.8 Å². The Hall–Kier alpha value is -1.87. The molecule has 2 N–H and O–H groups in total. The van der Waals surface area contributed by atoms with Crippen LogP contribution < -0.4 is 4.90 Å². The molecule has 2 aliphatic heterocycles. The maximum absolute atomic E-state index is 13.5. The number of rotatable bonds is 7. The molecule has 3 aliphatic rings. The van der Waals surface area contributed by atoms with Gasteiger partial charge in [0, 0.05) is 49.7 Å². The quantitative estimate of drug-likeness (QED) is 0.478. The van der Waals surface area contributed by atoms with E-state index in [1.165, 1.54) is 34.6 Å². The summed E-state index contributed by atoms with van der Waals surface area (Å²) >= 11 is 5.32. The first kappa shape index (κ1) is 29.1.